The van der Waals surface area contributed by atoms with Crippen LogP contribution in [0.5, 0.6) is 0 Å². The Bertz CT molecular complexity index is 1090. The molecule has 3 atom stereocenters. The number of amides is 1. The first-order valence-electron chi connectivity index (χ1n) is 9.22. The summed E-state index contributed by atoms with van der Waals surface area (Å²) in [5, 5.41) is 2.82. The molecule has 9 heteroatoms. The van der Waals surface area contributed by atoms with E-state index in [1.807, 2.05) is 29.6 Å². The van der Waals surface area contributed by atoms with Crippen LogP contribution >= 0.6 is 33.8 Å². The molecule has 1 aliphatic heterocycles. The normalized spacial score (nSPS) is 22.0. The summed E-state index contributed by atoms with van der Waals surface area (Å²) in [5.41, 5.74) is 1.39. The molecule has 30 heavy (non-hydrogen) atoms. The van der Waals surface area contributed by atoms with Crippen LogP contribution in [-0.4, -0.2) is 34.2 Å². The molecule has 2 aromatic heterocycles. The Morgan fingerprint density at radius 3 is 2.93 bits per heavy atom. The number of hydrogen-bond acceptors (Lipinski definition) is 5. The molecule has 1 aliphatic rings. The number of hydrogen-bond donors (Lipinski definition) is 2. The molecule has 1 fully saturated rings. The number of nitrogens with one attached hydrogen (secondary N) is 2. The standard InChI is InChI=1S/C21H20ClFN4OS2/c1-27-18(21(28)25-13-6-7-15(23)14(22)11-13)12-17(26-30(27)2)20-9-8-19(29-20)16-5-3-4-10-24-16/h3-11,17-18,26H,2,12H2,1H3,(H,25,28). The third kappa shape index (κ3) is 4.48. The predicted octanol–water partition coefficient (Wildman–Crippen LogP) is 5.11. The van der Waals surface area contributed by atoms with Crippen molar-refractivity contribution in [3.8, 4) is 10.6 Å². The number of aromatic nitrogens is 1. The van der Waals surface area contributed by atoms with Crippen LogP contribution in [0.3, 0.4) is 0 Å². The average molecular weight is 463 g/mol. The molecule has 156 valence electrons. The van der Waals surface area contributed by atoms with Gasteiger partial charge >= 0.3 is 0 Å². The topological polar surface area (TPSA) is 57.3 Å². The first kappa shape index (κ1) is 21.1. The second kappa shape index (κ2) is 8.95. The Morgan fingerprint density at radius 1 is 1.37 bits per heavy atom. The van der Waals surface area contributed by atoms with Gasteiger partial charge in [0.05, 0.1) is 21.6 Å². The van der Waals surface area contributed by atoms with Gasteiger partial charge in [0, 0.05) is 16.8 Å². The number of rotatable bonds is 4. The lowest BCUT2D eigenvalue weighted by molar-refractivity contribution is -0.119. The predicted molar refractivity (Wildman–Crippen MR) is 124 cm³/mol. The van der Waals surface area contributed by atoms with Crippen molar-refractivity contribution in [3.63, 3.8) is 0 Å². The van der Waals surface area contributed by atoms with Crippen LogP contribution in [0, 0.1) is 5.82 Å². The highest BCUT2D eigenvalue weighted by molar-refractivity contribution is 8.10. The third-order valence-electron chi connectivity index (χ3n) is 4.90. The molecule has 3 heterocycles. The highest BCUT2D eigenvalue weighted by Crippen LogP contribution is 2.38. The Balaban J connectivity index is 1.52. The Morgan fingerprint density at radius 2 is 2.20 bits per heavy atom. The molecule has 1 aromatic carbocycles. The zero-order chi connectivity index (χ0) is 21.3. The summed E-state index contributed by atoms with van der Waals surface area (Å²) in [5.74, 6) is 3.48. The summed E-state index contributed by atoms with van der Waals surface area (Å²) in [6, 6.07) is 13.7. The van der Waals surface area contributed by atoms with E-state index >= 15 is 0 Å². The molecule has 4 rings (SSSR count). The van der Waals surface area contributed by atoms with E-state index in [4.69, 9.17) is 11.6 Å². The molecular formula is C21H20ClFN4OS2. The zero-order valence-corrected chi connectivity index (χ0v) is 18.5. The average Bonchev–Trinajstić information content (AvgIpc) is 3.23. The number of likely N-dealkylation sites (N-methyl/N-ethyl adjacent to an activating group) is 1. The Labute approximate surface area is 186 Å². The van der Waals surface area contributed by atoms with Crippen molar-refractivity contribution in [2.75, 3.05) is 12.4 Å². The minimum absolute atomic E-state index is 0.00273. The fourth-order valence-corrected chi connectivity index (χ4v) is 5.76. The van der Waals surface area contributed by atoms with Gasteiger partial charge in [-0.2, -0.15) is 0 Å². The van der Waals surface area contributed by atoms with Gasteiger partial charge in [-0.25, -0.2) is 13.4 Å². The monoisotopic (exact) mass is 462 g/mol. The lowest BCUT2D eigenvalue weighted by atomic mass is 10.1. The molecule has 0 bridgehead atoms. The largest absolute Gasteiger partial charge is 0.325 e. The van der Waals surface area contributed by atoms with Crippen molar-refractivity contribution in [1.82, 2.24) is 14.0 Å². The molecule has 3 aromatic rings. The molecule has 1 amide bonds. The molecule has 0 radical (unpaired) electrons. The van der Waals surface area contributed by atoms with E-state index in [0.717, 1.165) is 15.4 Å². The molecule has 0 saturated carbocycles. The highest BCUT2D eigenvalue weighted by Gasteiger charge is 2.34. The first-order chi connectivity index (χ1) is 14.4. The lowest BCUT2D eigenvalue weighted by Gasteiger charge is -2.38. The second-order valence-electron chi connectivity index (χ2n) is 6.87. The fraction of sp³-hybridized carbons (Fsp3) is 0.190. The van der Waals surface area contributed by atoms with E-state index < -0.39 is 16.7 Å². The molecule has 3 unspecified atom stereocenters. The van der Waals surface area contributed by atoms with Gasteiger partial charge in [0.1, 0.15) is 11.9 Å². The van der Waals surface area contributed by atoms with Gasteiger partial charge in [-0.3, -0.25) is 9.78 Å². The number of nitrogens with zero attached hydrogens (tertiary/aromatic N) is 2. The van der Waals surface area contributed by atoms with Crippen molar-refractivity contribution in [1.29, 1.82) is 0 Å². The molecule has 5 nitrogen and oxygen atoms in total. The van der Waals surface area contributed by atoms with Gasteiger partial charge in [-0.05, 0) is 61.8 Å². The quantitative estimate of drug-likeness (QED) is 0.529. The van der Waals surface area contributed by atoms with Crippen molar-refractivity contribution >= 4 is 51.3 Å². The number of carbonyl (C=O) groups excluding carboxylic acids is 1. The maximum Gasteiger partial charge on any atom is 0.242 e. The molecule has 0 spiro atoms. The number of benzene rings is 1. The zero-order valence-electron chi connectivity index (χ0n) is 16.1. The van der Waals surface area contributed by atoms with E-state index in [0.29, 0.717) is 12.1 Å². The van der Waals surface area contributed by atoms with Gasteiger partial charge in [-0.1, -0.05) is 28.5 Å². The van der Waals surface area contributed by atoms with Gasteiger partial charge in [-0.15, -0.1) is 11.3 Å². The van der Waals surface area contributed by atoms with Crippen molar-refractivity contribution < 1.29 is 9.18 Å². The van der Waals surface area contributed by atoms with Crippen LogP contribution in [0.1, 0.15) is 17.3 Å². The van der Waals surface area contributed by atoms with Gasteiger partial charge in [0.15, 0.2) is 0 Å². The van der Waals surface area contributed by atoms with Crippen LogP contribution in [0.15, 0.2) is 54.7 Å². The SMILES string of the molecule is C=S1NC(c2ccc(-c3ccccn3)s2)CC(C(=O)Nc2ccc(F)c(Cl)c2)N1C. The number of carbonyl (C=O) groups is 1. The minimum atomic E-state index is -0.540. The van der Waals surface area contributed by atoms with Gasteiger partial charge < -0.3 is 5.32 Å². The van der Waals surface area contributed by atoms with E-state index in [1.165, 1.54) is 18.2 Å². The van der Waals surface area contributed by atoms with Crippen LogP contribution < -0.4 is 10.0 Å². The summed E-state index contributed by atoms with van der Waals surface area (Å²) in [4.78, 5) is 19.6. The van der Waals surface area contributed by atoms with Crippen LogP contribution in [0.4, 0.5) is 10.1 Å². The summed E-state index contributed by atoms with van der Waals surface area (Å²) in [6.07, 6.45) is 2.36. The third-order valence-corrected chi connectivity index (χ3v) is 7.92. The summed E-state index contributed by atoms with van der Waals surface area (Å²) in [6.45, 7) is 0. The molecule has 1 saturated heterocycles. The molecule has 0 aliphatic carbocycles. The number of pyridine rings is 1. The highest BCUT2D eigenvalue weighted by atomic mass is 35.5. The summed E-state index contributed by atoms with van der Waals surface area (Å²) >= 11 is 7.49. The van der Waals surface area contributed by atoms with Crippen LogP contribution in [0.2, 0.25) is 5.02 Å². The number of thiophene rings is 1. The Kier molecular flexibility index (Phi) is 6.31. The fourth-order valence-electron chi connectivity index (χ4n) is 3.25. The van der Waals surface area contributed by atoms with Crippen molar-refractivity contribution in [3.05, 3.63) is 70.4 Å². The van der Waals surface area contributed by atoms with E-state index in [9.17, 15) is 9.18 Å². The lowest BCUT2D eigenvalue weighted by Crippen LogP contribution is -2.47. The van der Waals surface area contributed by atoms with Crippen molar-refractivity contribution in [2.24, 2.45) is 0 Å². The number of halogens is 2. The smallest absolute Gasteiger partial charge is 0.242 e. The summed E-state index contributed by atoms with van der Waals surface area (Å²) < 4.78 is 18.8. The van der Waals surface area contributed by atoms with E-state index in [1.54, 1.807) is 17.5 Å². The van der Waals surface area contributed by atoms with Gasteiger partial charge in [0.25, 0.3) is 0 Å². The maximum atomic E-state index is 13.4. The molecule has 2 N–H and O–H groups in total. The van der Waals surface area contributed by atoms with E-state index in [-0.39, 0.29) is 23.0 Å². The van der Waals surface area contributed by atoms with Crippen molar-refractivity contribution in [2.45, 2.75) is 18.5 Å². The minimum Gasteiger partial charge on any atom is -0.325 e. The van der Waals surface area contributed by atoms with Crippen LogP contribution in [-0.2, 0) is 4.79 Å². The van der Waals surface area contributed by atoms with Gasteiger partial charge in [0.2, 0.25) is 5.91 Å². The first-order valence-corrected chi connectivity index (χ1v) is 11.8. The van der Waals surface area contributed by atoms with Crippen LogP contribution in [0.25, 0.3) is 10.6 Å². The number of anilines is 1. The maximum absolute atomic E-state index is 13.4. The summed E-state index contributed by atoms with van der Waals surface area (Å²) in [7, 11) is 1.33. The van der Waals surface area contributed by atoms with E-state index in [2.05, 4.69) is 33.0 Å². The Hall–Kier alpha value is -2.10. The molecular weight excluding hydrogens is 443 g/mol. The second-order valence-corrected chi connectivity index (χ2v) is 9.93.